The second-order valence-corrected chi connectivity index (χ2v) is 9.21. The van der Waals surface area contributed by atoms with Crippen LogP contribution in [0.1, 0.15) is 48.2 Å². The van der Waals surface area contributed by atoms with Crippen molar-refractivity contribution in [3.63, 3.8) is 0 Å². The van der Waals surface area contributed by atoms with Gasteiger partial charge in [0, 0.05) is 10.4 Å². The molecule has 2 aromatic carbocycles. The summed E-state index contributed by atoms with van der Waals surface area (Å²) in [6.07, 6.45) is 3.18. The fraction of sp³-hybridized carbons (Fsp3) is 0.259. The van der Waals surface area contributed by atoms with Gasteiger partial charge >= 0.3 is 0 Å². The van der Waals surface area contributed by atoms with E-state index in [-0.39, 0.29) is 23.6 Å². The van der Waals surface area contributed by atoms with Crippen LogP contribution in [0.25, 0.3) is 5.76 Å². The monoisotopic (exact) mass is 477 g/mol. The molecular weight excluding hydrogens is 450 g/mol. The Kier molecular flexibility index (Phi) is 7.33. The normalized spacial score (nSPS) is 17.3. The number of aliphatic hydroxyl groups excluding tert-OH is 1. The Morgan fingerprint density at radius 2 is 1.76 bits per heavy atom. The summed E-state index contributed by atoms with van der Waals surface area (Å²) >= 11 is 1.49. The third-order valence-electron chi connectivity index (χ3n) is 5.80. The van der Waals surface area contributed by atoms with Crippen LogP contribution in [0.2, 0.25) is 0 Å². The molecule has 1 fully saturated rings. The number of nitrogens with zero attached hydrogens (tertiary/aromatic N) is 1. The Morgan fingerprint density at radius 1 is 1.03 bits per heavy atom. The minimum Gasteiger partial charge on any atom is -0.508 e. The molecule has 0 spiro atoms. The van der Waals surface area contributed by atoms with Crippen molar-refractivity contribution in [1.82, 2.24) is 4.90 Å². The fourth-order valence-corrected chi connectivity index (χ4v) is 4.73. The lowest BCUT2D eigenvalue weighted by Gasteiger charge is -2.25. The summed E-state index contributed by atoms with van der Waals surface area (Å²) in [5.41, 5.74) is 1.09. The van der Waals surface area contributed by atoms with E-state index >= 15 is 0 Å². The van der Waals surface area contributed by atoms with Gasteiger partial charge in [-0.2, -0.15) is 0 Å². The Labute approximate surface area is 202 Å². The van der Waals surface area contributed by atoms with Crippen molar-refractivity contribution in [2.45, 2.75) is 38.8 Å². The largest absolute Gasteiger partial charge is 0.508 e. The Morgan fingerprint density at radius 3 is 2.41 bits per heavy atom. The zero-order valence-electron chi connectivity index (χ0n) is 18.9. The zero-order valence-corrected chi connectivity index (χ0v) is 19.8. The van der Waals surface area contributed by atoms with Gasteiger partial charge in [-0.3, -0.25) is 9.59 Å². The lowest BCUT2D eigenvalue weighted by Crippen LogP contribution is -2.28. The van der Waals surface area contributed by atoms with Crippen molar-refractivity contribution in [3.05, 3.63) is 87.6 Å². The number of amides is 1. The number of likely N-dealkylation sites (tertiary alicyclic amines) is 1. The number of aromatic hydroxyl groups is 1. The van der Waals surface area contributed by atoms with Crippen molar-refractivity contribution in [1.29, 1.82) is 0 Å². The summed E-state index contributed by atoms with van der Waals surface area (Å²) in [5.74, 6) is -0.868. The number of ether oxygens (including phenoxy) is 1. The van der Waals surface area contributed by atoms with Gasteiger partial charge in [-0.25, -0.2) is 0 Å². The van der Waals surface area contributed by atoms with Gasteiger partial charge in [0.25, 0.3) is 11.7 Å². The third-order valence-corrected chi connectivity index (χ3v) is 6.66. The highest BCUT2D eigenvalue weighted by molar-refractivity contribution is 7.09. The van der Waals surface area contributed by atoms with Gasteiger partial charge in [-0.05, 0) is 59.8 Å². The third kappa shape index (κ3) is 4.99. The SMILES string of the molecule is CCCCCOc1ccc(/C(O)=C2/C(=O)C(=O)N(Cc3cccs3)C2c2ccc(O)cc2)cc1. The number of rotatable bonds is 9. The van der Waals surface area contributed by atoms with E-state index in [2.05, 4.69) is 6.92 Å². The summed E-state index contributed by atoms with van der Waals surface area (Å²) in [5, 5.41) is 22.8. The molecule has 176 valence electrons. The molecule has 1 aliphatic heterocycles. The van der Waals surface area contributed by atoms with Crippen molar-refractivity contribution >= 4 is 28.8 Å². The van der Waals surface area contributed by atoms with Gasteiger partial charge in [0.05, 0.1) is 24.8 Å². The average molecular weight is 478 g/mol. The number of unbranched alkanes of at least 4 members (excludes halogenated alkanes) is 2. The first-order valence-corrected chi connectivity index (χ1v) is 12.2. The molecule has 1 atom stereocenters. The summed E-state index contributed by atoms with van der Waals surface area (Å²) < 4.78 is 5.73. The van der Waals surface area contributed by atoms with Crippen molar-refractivity contribution in [2.24, 2.45) is 0 Å². The van der Waals surface area contributed by atoms with Crippen molar-refractivity contribution < 1.29 is 24.5 Å². The summed E-state index contributed by atoms with van der Waals surface area (Å²) in [4.78, 5) is 28.5. The molecule has 0 saturated carbocycles. The molecule has 34 heavy (non-hydrogen) atoms. The molecule has 0 aliphatic carbocycles. The second-order valence-electron chi connectivity index (χ2n) is 8.18. The lowest BCUT2D eigenvalue weighted by atomic mass is 9.95. The molecule has 1 aliphatic rings. The number of ketones is 1. The number of aliphatic hydroxyl groups is 1. The van der Waals surface area contributed by atoms with Crippen molar-refractivity contribution in [2.75, 3.05) is 6.61 Å². The number of phenolic OH excluding ortho intramolecular Hbond substituents is 1. The van der Waals surface area contributed by atoms with E-state index in [1.54, 1.807) is 36.4 Å². The molecule has 3 aromatic rings. The maximum Gasteiger partial charge on any atom is 0.295 e. The summed E-state index contributed by atoms with van der Waals surface area (Å²) in [6.45, 7) is 3.00. The lowest BCUT2D eigenvalue weighted by molar-refractivity contribution is -0.140. The van der Waals surface area contributed by atoms with Gasteiger partial charge < -0.3 is 19.8 Å². The van der Waals surface area contributed by atoms with E-state index in [0.717, 1.165) is 24.1 Å². The van der Waals surface area contributed by atoms with Gasteiger partial charge in [0.2, 0.25) is 0 Å². The van der Waals surface area contributed by atoms with Gasteiger partial charge in [0.15, 0.2) is 0 Å². The van der Waals surface area contributed by atoms with Crippen LogP contribution in [0.4, 0.5) is 0 Å². The number of Topliss-reactive ketones (excluding diaryl/α,β-unsaturated/α-hetero) is 1. The molecule has 1 amide bonds. The minimum absolute atomic E-state index is 0.0314. The van der Waals surface area contributed by atoms with Crippen molar-refractivity contribution in [3.8, 4) is 11.5 Å². The molecule has 1 aromatic heterocycles. The molecule has 2 N–H and O–H groups in total. The number of hydrogen-bond acceptors (Lipinski definition) is 6. The second kappa shape index (κ2) is 10.6. The van der Waals surface area contributed by atoms with Crippen LogP contribution >= 0.6 is 11.3 Å². The Balaban J connectivity index is 1.69. The van der Waals surface area contributed by atoms with Gasteiger partial charge in [0.1, 0.15) is 17.3 Å². The van der Waals surface area contributed by atoms with Crippen LogP contribution in [0.3, 0.4) is 0 Å². The smallest absolute Gasteiger partial charge is 0.295 e. The number of carbonyl (C=O) groups excluding carboxylic acids is 2. The molecule has 1 unspecified atom stereocenters. The maximum absolute atomic E-state index is 13.1. The van der Waals surface area contributed by atoms with E-state index in [0.29, 0.717) is 23.5 Å². The van der Waals surface area contributed by atoms with Crippen LogP contribution < -0.4 is 4.74 Å². The van der Waals surface area contributed by atoms with E-state index in [1.807, 2.05) is 17.5 Å². The molecule has 1 saturated heterocycles. The Bertz CT molecular complexity index is 1170. The maximum atomic E-state index is 13.1. The topological polar surface area (TPSA) is 87.1 Å². The quantitative estimate of drug-likeness (QED) is 0.180. The number of hydrogen-bond donors (Lipinski definition) is 2. The fourth-order valence-electron chi connectivity index (χ4n) is 4.02. The van der Waals surface area contributed by atoms with Gasteiger partial charge in [-0.1, -0.05) is 38.0 Å². The highest BCUT2D eigenvalue weighted by Gasteiger charge is 2.46. The first-order valence-electron chi connectivity index (χ1n) is 11.3. The molecule has 2 heterocycles. The first kappa shape index (κ1) is 23.6. The molecule has 0 bridgehead atoms. The van der Waals surface area contributed by atoms with E-state index in [1.165, 1.54) is 28.4 Å². The van der Waals surface area contributed by atoms with E-state index in [9.17, 15) is 19.8 Å². The van der Waals surface area contributed by atoms with Crippen LogP contribution in [0, 0.1) is 0 Å². The minimum atomic E-state index is -0.771. The summed E-state index contributed by atoms with van der Waals surface area (Å²) in [6, 6.07) is 16.2. The standard InChI is InChI=1S/C27H27NO5S/c1-2-3-4-15-33-21-13-9-19(10-14-21)25(30)23-24(18-7-11-20(29)12-8-18)28(27(32)26(23)31)17-22-6-5-16-34-22/h5-14,16,24,29-30H,2-4,15,17H2,1H3/b25-23-. The Hall–Kier alpha value is -3.58. The number of thiophene rings is 1. The highest BCUT2D eigenvalue weighted by atomic mass is 32.1. The molecule has 0 radical (unpaired) electrons. The highest BCUT2D eigenvalue weighted by Crippen LogP contribution is 2.41. The van der Waals surface area contributed by atoms with E-state index < -0.39 is 17.7 Å². The molecular formula is C27H27NO5S. The predicted molar refractivity (Wildman–Crippen MR) is 132 cm³/mol. The molecule has 6 nitrogen and oxygen atoms in total. The van der Waals surface area contributed by atoms with Crippen LogP contribution in [0.5, 0.6) is 11.5 Å². The number of benzene rings is 2. The average Bonchev–Trinajstić information content (AvgIpc) is 3.45. The number of carbonyl (C=O) groups is 2. The first-order chi connectivity index (χ1) is 16.5. The number of phenols is 1. The molecule has 4 rings (SSSR count). The van der Waals surface area contributed by atoms with Crippen LogP contribution in [-0.4, -0.2) is 33.4 Å². The van der Waals surface area contributed by atoms with Crippen LogP contribution in [0.15, 0.2) is 71.6 Å². The van der Waals surface area contributed by atoms with E-state index in [4.69, 9.17) is 4.74 Å². The summed E-state index contributed by atoms with van der Waals surface area (Å²) in [7, 11) is 0. The van der Waals surface area contributed by atoms with Crippen LogP contribution in [-0.2, 0) is 16.1 Å². The van der Waals surface area contributed by atoms with Gasteiger partial charge in [-0.15, -0.1) is 11.3 Å². The molecule has 7 heteroatoms. The predicted octanol–water partition coefficient (Wildman–Crippen LogP) is 5.64. The zero-order chi connectivity index (χ0) is 24.1.